The molecule has 18 heavy (non-hydrogen) atoms. The topological polar surface area (TPSA) is 15.3 Å². The predicted octanol–water partition coefficient (Wildman–Crippen LogP) is 3.79. The van der Waals surface area contributed by atoms with Crippen LogP contribution >= 0.6 is 15.9 Å². The average Bonchev–Trinajstić information content (AvgIpc) is 2.55. The van der Waals surface area contributed by atoms with E-state index in [9.17, 15) is 0 Å². The van der Waals surface area contributed by atoms with Crippen LogP contribution in [0.1, 0.15) is 31.7 Å². The summed E-state index contributed by atoms with van der Waals surface area (Å²) in [5, 5.41) is 3.27. The highest BCUT2D eigenvalue weighted by atomic mass is 79.9. The van der Waals surface area contributed by atoms with Crippen molar-refractivity contribution in [2.45, 2.75) is 32.7 Å². The molecule has 1 fully saturated rings. The first-order valence-electron chi connectivity index (χ1n) is 6.88. The molecular weight excluding hydrogens is 288 g/mol. The van der Waals surface area contributed by atoms with Gasteiger partial charge in [0.05, 0.1) is 0 Å². The molecule has 0 saturated carbocycles. The summed E-state index contributed by atoms with van der Waals surface area (Å²) in [5.41, 5.74) is 2.79. The van der Waals surface area contributed by atoms with Crippen molar-refractivity contribution in [3.8, 4) is 0 Å². The first-order valence-corrected chi connectivity index (χ1v) is 7.68. The number of benzene rings is 1. The quantitative estimate of drug-likeness (QED) is 0.913. The first-order chi connectivity index (χ1) is 8.70. The summed E-state index contributed by atoms with van der Waals surface area (Å²) in [6.07, 6.45) is 4.00. The van der Waals surface area contributed by atoms with E-state index >= 15 is 0 Å². The molecule has 0 amide bonds. The van der Waals surface area contributed by atoms with E-state index in [1.165, 1.54) is 48.1 Å². The molecule has 0 aromatic heterocycles. The highest BCUT2D eigenvalue weighted by molar-refractivity contribution is 9.10. The maximum atomic E-state index is 3.57. The molecular formula is C15H23BrN2. The minimum Gasteiger partial charge on any atom is -0.371 e. The fourth-order valence-electron chi connectivity index (χ4n) is 2.70. The van der Waals surface area contributed by atoms with Crippen LogP contribution in [0.5, 0.6) is 0 Å². The molecule has 1 aromatic carbocycles. The van der Waals surface area contributed by atoms with Gasteiger partial charge < -0.3 is 10.2 Å². The Morgan fingerprint density at radius 1 is 1.33 bits per heavy atom. The fraction of sp³-hybridized carbons (Fsp3) is 0.600. The van der Waals surface area contributed by atoms with E-state index in [0.717, 1.165) is 12.5 Å². The van der Waals surface area contributed by atoms with Crippen molar-refractivity contribution in [1.82, 2.24) is 5.32 Å². The summed E-state index contributed by atoms with van der Waals surface area (Å²) in [5.74, 6) is 0.873. The minimum atomic E-state index is 0.873. The van der Waals surface area contributed by atoms with Gasteiger partial charge in [0.25, 0.3) is 0 Å². The van der Waals surface area contributed by atoms with Gasteiger partial charge in [0.15, 0.2) is 0 Å². The lowest BCUT2D eigenvalue weighted by Crippen LogP contribution is -2.26. The van der Waals surface area contributed by atoms with Crippen LogP contribution in [0.4, 0.5) is 5.69 Å². The third kappa shape index (κ3) is 3.48. The molecule has 100 valence electrons. The number of rotatable bonds is 3. The van der Waals surface area contributed by atoms with Gasteiger partial charge in [-0.2, -0.15) is 0 Å². The van der Waals surface area contributed by atoms with Gasteiger partial charge in [0.2, 0.25) is 0 Å². The second-order valence-corrected chi connectivity index (χ2v) is 6.24. The van der Waals surface area contributed by atoms with Crippen molar-refractivity contribution in [2.24, 2.45) is 5.92 Å². The molecule has 1 aromatic rings. The molecule has 1 N–H and O–H groups in total. The molecule has 3 heteroatoms. The molecule has 2 rings (SSSR count). The molecule has 1 heterocycles. The van der Waals surface area contributed by atoms with Crippen LogP contribution in [0.2, 0.25) is 0 Å². The Balaban J connectivity index is 2.20. The summed E-state index contributed by atoms with van der Waals surface area (Å²) < 4.78 is 1.17. The Morgan fingerprint density at radius 2 is 2.17 bits per heavy atom. The van der Waals surface area contributed by atoms with Crippen molar-refractivity contribution >= 4 is 21.6 Å². The smallest absolute Gasteiger partial charge is 0.0412 e. The molecule has 1 aliphatic heterocycles. The maximum absolute atomic E-state index is 3.57. The molecule has 0 bridgehead atoms. The number of nitrogens with zero attached hydrogens (tertiary/aromatic N) is 1. The van der Waals surface area contributed by atoms with Crippen molar-refractivity contribution < 1.29 is 0 Å². The number of hydrogen-bond acceptors (Lipinski definition) is 2. The lowest BCUT2D eigenvalue weighted by Gasteiger charge is -2.26. The zero-order chi connectivity index (χ0) is 13.0. The second-order valence-electron chi connectivity index (χ2n) is 5.33. The van der Waals surface area contributed by atoms with E-state index < -0.39 is 0 Å². The Bertz CT molecular complexity index is 392. The highest BCUT2D eigenvalue weighted by Crippen LogP contribution is 2.28. The zero-order valence-corrected chi connectivity index (χ0v) is 13.0. The molecule has 2 nitrogen and oxygen atoms in total. The van der Waals surface area contributed by atoms with E-state index in [4.69, 9.17) is 0 Å². The standard InChI is InChI=1S/C15H23BrN2/c1-12-4-3-8-18(9-7-12)15-6-5-14(16)10-13(15)11-17-2/h5-6,10,12,17H,3-4,7-9,11H2,1-2H3. The lowest BCUT2D eigenvalue weighted by molar-refractivity contribution is 0.521. The van der Waals surface area contributed by atoms with Gasteiger partial charge in [0.1, 0.15) is 0 Å². The van der Waals surface area contributed by atoms with Crippen LogP contribution in [0.25, 0.3) is 0 Å². The zero-order valence-electron chi connectivity index (χ0n) is 11.4. The SMILES string of the molecule is CNCc1cc(Br)ccc1N1CCCC(C)CC1. The summed E-state index contributed by atoms with van der Waals surface area (Å²) in [6, 6.07) is 6.65. The van der Waals surface area contributed by atoms with E-state index in [1.807, 2.05) is 7.05 Å². The van der Waals surface area contributed by atoms with Gasteiger partial charge in [-0.05, 0) is 56.0 Å². The number of hydrogen-bond donors (Lipinski definition) is 1. The number of nitrogens with one attached hydrogen (secondary N) is 1. The van der Waals surface area contributed by atoms with Crippen molar-refractivity contribution in [1.29, 1.82) is 0 Å². The molecule has 0 spiro atoms. The van der Waals surface area contributed by atoms with Crippen molar-refractivity contribution in [3.05, 3.63) is 28.2 Å². The minimum absolute atomic E-state index is 0.873. The summed E-state index contributed by atoms with van der Waals surface area (Å²) in [7, 11) is 2.01. The van der Waals surface area contributed by atoms with Gasteiger partial charge in [-0.3, -0.25) is 0 Å². The summed E-state index contributed by atoms with van der Waals surface area (Å²) >= 11 is 3.57. The molecule has 1 unspecified atom stereocenters. The van der Waals surface area contributed by atoms with Crippen LogP contribution in [0, 0.1) is 5.92 Å². The van der Waals surface area contributed by atoms with Crippen LogP contribution in [0.3, 0.4) is 0 Å². The van der Waals surface area contributed by atoms with E-state index in [-0.39, 0.29) is 0 Å². The lowest BCUT2D eigenvalue weighted by atomic mass is 10.0. The third-order valence-electron chi connectivity index (χ3n) is 3.77. The van der Waals surface area contributed by atoms with Crippen LogP contribution in [-0.4, -0.2) is 20.1 Å². The van der Waals surface area contributed by atoms with Gasteiger partial charge in [-0.15, -0.1) is 0 Å². The van der Waals surface area contributed by atoms with Crippen LogP contribution < -0.4 is 10.2 Å². The number of halogens is 1. The van der Waals surface area contributed by atoms with Gasteiger partial charge in [-0.25, -0.2) is 0 Å². The predicted molar refractivity (Wildman–Crippen MR) is 82.1 cm³/mol. The molecule has 1 aliphatic rings. The second kappa shape index (κ2) is 6.58. The molecule has 0 radical (unpaired) electrons. The Morgan fingerprint density at radius 3 is 2.94 bits per heavy atom. The number of anilines is 1. The molecule has 1 saturated heterocycles. The first kappa shape index (κ1) is 13.9. The average molecular weight is 311 g/mol. The van der Waals surface area contributed by atoms with Gasteiger partial charge in [0, 0.05) is 29.8 Å². The normalized spacial score (nSPS) is 20.8. The molecule has 0 aliphatic carbocycles. The van der Waals surface area contributed by atoms with E-state index in [1.54, 1.807) is 0 Å². The largest absolute Gasteiger partial charge is 0.371 e. The Labute approximate surface area is 119 Å². The summed E-state index contributed by atoms with van der Waals surface area (Å²) in [4.78, 5) is 2.56. The summed E-state index contributed by atoms with van der Waals surface area (Å²) in [6.45, 7) is 5.70. The van der Waals surface area contributed by atoms with Crippen LogP contribution in [0.15, 0.2) is 22.7 Å². The van der Waals surface area contributed by atoms with Crippen molar-refractivity contribution in [3.63, 3.8) is 0 Å². The Kier molecular flexibility index (Phi) is 5.07. The van der Waals surface area contributed by atoms with Crippen molar-refractivity contribution in [2.75, 3.05) is 25.0 Å². The highest BCUT2D eigenvalue weighted by Gasteiger charge is 2.16. The van der Waals surface area contributed by atoms with E-state index in [2.05, 4.69) is 51.3 Å². The fourth-order valence-corrected chi connectivity index (χ4v) is 3.11. The van der Waals surface area contributed by atoms with Gasteiger partial charge >= 0.3 is 0 Å². The third-order valence-corrected chi connectivity index (χ3v) is 4.26. The Hall–Kier alpha value is -0.540. The van der Waals surface area contributed by atoms with Crippen LogP contribution in [-0.2, 0) is 6.54 Å². The van der Waals surface area contributed by atoms with Gasteiger partial charge in [-0.1, -0.05) is 22.9 Å². The van der Waals surface area contributed by atoms with E-state index in [0.29, 0.717) is 0 Å². The monoisotopic (exact) mass is 310 g/mol. The molecule has 1 atom stereocenters. The maximum Gasteiger partial charge on any atom is 0.0412 e.